The number of carbonyl (C=O) groups is 1. The molecule has 4 rings (SSSR count). The topological polar surface area (TPSA) is 108 Å². The first-order chi connectivity index (χ1) is 14.4. The summed E-state index contributed by atoms with van der Waals surface area (Å²) in [7, 11) is 0.298. The van der Waals surface area contributed by atoms with Crippen LogP contribution in [0.1, 0.15) is 16.1 Å². The molecule has 0 aliphatic carbocycles. The molecular formula is C20H18N2O7S. The zero-order chi connectivity index (χ0) is 21.5. The minimum atomic E-state index is -4.07. The van der Waals surface area contributed by atoms with Crippen molar-refractivity contribution in [1.29, 1.82) is 0 Å². The van der Waals surface area contributed by atoms with Crippen LogP contribution < -0.4 is 14.2 Å². The second-order valence-electron chi connectivity index (χ2n) is 6.39. The molecule has 0 fully saturated rings. The number of benzene rings is 2. The van der Waals surface area contributed by atoms with Crippen LogP contribution in [0.2, 0.25) is 0 Å². The number of rotatable bonds is 6. The third-order valence-electron chi connectivity index (χ3n) is 4.71. The molecule has 0 spiro atoms. The molecule has 9 nitrogen and oxygen atoms in total. The lowest BCUT2D eigenvalue weighted by molar-refractivity contribution is 0.0863. The number of methoxy groups -OCH3 is 3. The Morgan fingerprint density at radius 2 is 1.67 bits per heavy atom. The smallest absolute Gasteiger partial charge is 0.269 e. The van der Waals surface area contributed by atoms with Crippen molar-refractivity contribution in [3.8, 4) is 28.7 Å². The molecule has 0 N–H and O–H groups in total. The van der Waals surface area contributed by atoms with E-state index in [1.165, 1.54) is 32.6 Å². The normalized spacial score (nSPS) is 14.5. The highest BCUT2D eigenvalue weighted by atomic mass is 32.2. The summed E-state index contributed by atoms with van der Waals surface area (Å²) in [6.07, 6.45) is 1.33. The molecule has 156 valence electrons. The minimum Gasteiger partial charge on any atom is -0.497 e. The Hall–Kier alpha value is -3.53. The first kappa shape index (κ1) is 19.8. The van der Waals surface area contributed by atoms with Gasteiger partial charge in [-0.3, -0.25) is 4.79 Å². The fourth-order valence-corrected chi connectivity index (χ4v) is 4.69. The summed E-state index contributed by atoms with van der Waals surface area (Å²) in [4.78, 5) is 17.0. The number of aromatic nitrogens is 1. The number of nitrogens with zero attached hydrogens (tertiary/aromatic N) is 2. The Balaban J connectivity index is 1.64. The number of ether oxygens (including phenoxy) is 3. The molecule has 3 aromatic rings. The molecule has 2 aromatic carbocycles. The molecule has 1 amide bonds. The summed E-state index contributed by atoms with van der Waals surface area (Å²) in [5.74, 6) is 0.808. The van der Waals surface area contributed by atoms with Gasteiger partial charge in [0, 0.05) is 11.6 Å². The summed E-state index contributed by atoms with van der Waals surface area (Å²) >= 11 is 0. The van der Waals surface area contributed by atoms with Gasteiger partial charge in [-0.2, -0.15) is 0 Å². The fraction of sp³-hybridized carbons (Fsp3) is 0.200. The number of sulfonamides is 1. The average molecular weight is 430 g/mol. The van der Waals surface area contributed by atoms with Gasteiger partial charge >= 0.3 is 0 Å². The Bertz CT molecular complexity index is 1220. The Labute approximate surface area is 172 Å². The first-order valence-electron chi connectivity index (χ1n) is 8.81. The molecule has 0 radical (unpaired) electrons. The van der Waals surface area contributed by atoms with Crippen LogP contribution in [-0.4, -0.2) is 44.9 Å². The second-order valence-corrected chi connectivity index (χ2v) is 8.22. The van der Waals surface area contributed by atoms with Crippen molar-refractivity contribution in [3.05, 3.63) is 53.9 Å². The SMILES string of the molecule is COc1ccc(-c2nc(CN3C(=O)c4cc(OC)c(OC)cc4S3(=O)=O)co2)cc1. The van der Waals surface area contributed by atoms with E-state index in [1.807, 2.05) is 0 Å². The Kier molecular flexibility index (Phi) is 4.86. The van der Waals surface area contributed by atoms with Crippen molar-refractivity contribution in [2.24, 2.45) is 0 Å². The van der Waals surface area contributed by atoms with Crippen molar-refractivity contribution >= 4 is 15.9 Å². The van der Waals surface area contributed by atoms with Gasteiger partial charge in [0.05, 0.1) is 33.4 Å². The monoisotopic (exact) mass is 430 g/mol. The number of amides is 1. The first-order valence-corrected chi connectivity index (χ1v) is 10.2. The van der Waals surface area contributed by atoms with Crippen LogP contribution in [0.25, 0.3) is 11.5 Å². The highest BCUT2D eigenvalue weighted by molar-refractivity contribution is 7.90. The predicted molar refractivity (Wildman–Crippen MR) is 105 cm³/mol. The van der Waals surface area contributed by atoms with Gasteiger partial charge in [-0.15, -0.1) is 0 Å². The highest BCUT2D eigenvalue weighted by Gasteiger charge is 2.42. The fourth-order valence-electron chi connectivity index (χ4n) is 3.15. The minimum absolute atomic E-state index is 0.0199. The van der Waals surface area contributed by atoms with Gasteiger partial charge in [-0.1, -0.05) is 0 Å². The number of oxazole rings is 1. The van der Waals surface area contributed by atoms with Crippen molar-refractivity contribution < 1.29 is 31.8 Å². The maximum absolute atomic E-state index is 13.0. The van der Waals surface area contributed by atoms with Crippen LogP contribution in [0.5, 0.6) is 17.2 Å². The van der Waals surface area contributed by atoms with E-state index in [9.17, 15) is 13.2 Å². The molecule has 0 bridgehead atoms. The van der Waals surface area contributed by atoms with Crippen molar-refractivity contribution in [2.75, 3.05) is 21.3 Å². The van der Waals surface area contributed by atoms with Gasteiger partial charge in [0.15, 0.2) is 11.5 Å². The van der Waals surface area contributed by atoms with Crippen LogP contribution >= 0.6 is 0 Å². The molecule has 0 atom stereocenters. The van der Waals surface area contributed by atoms with Gasteiger partial charge in [0.1, 0.15) is 22.6 Å². The summed E-state index contributed by atoms with van der Waals surface area (Å²) in [5.41, 5.74) is 1.01. The van der Waals surface area contributed by atoms with Gasteiger partial charge < -0.3 is 18.6 Å². The van der Waals surface area contributed by atoms with Crippen LogP contribution in [-0.2, 0) is 16.6 Å². The van der Waals surface area contributed by atoms with E-state index >= 15 is 0 Å². The van der Waals surface area contributed by atoms with Crippen LogP contribution in [0.15, 0.2) is 52.0 Å². The van der Waals surface area contributed by atoms with Crippen LogP contribution in [0.3, 0.4) is 0 Å². The van der Waals surface area contributed by atoms with E-state index in [0.717, 1.165) is 4.31 Å². The van der Waals surface area contributed by atoms with Crippen molar-refractivity contribution in [1.82, 2.24) is 9.29 Å². The zero-order valence-electron chi connectivity index (χ0n) is 16.4. The van der Waals surface area contributed by atoms with E-state index < -0.39 is 15.9 Å². The van der Waals surface area contributed by atoms with Gasteiger partial charge in [0.2, 0.25) is 5.89 Å². The van der Waals surface area contributed by atoms with E-state index in [4.69, 9.17) is 18.6 Å². The summed E-state index contributed by atoms with van der Waals surface area (Å²) in [6.45, 7) is -0.264. The lowest BCUT2D eigenvalue weighted by Crippen LogP contribution is -2.29. The third-order valence-corrected chi connectivity index (χ3v) is 6.47. The number of hydrogen-bond acceptors (Lipinski definition) is 8. The lowest BCUT2D eigenvalue weighted by atomic mass is 10.2. The third kappa shape index (κ3) is 3.14. The van der Waals surface area contributed by atoms with Gasteiger partial charge in [-0.25, -0.2) is 17.7 Å². The molecule has 30 heavy (non-hydrogen) atoms. The molecule has 10 heteroatoms. The summed E-state index contributed by atoms with van der Waals surface area (Å²) < 4.78 is 47.6. The van der Waals surface area contributed by atoms with E-state index in [-0.39, 0.29) is 28.5 Å². The predicted octanol–water partition coefficient (Wildman–Crippen LogP) is 2.71. The zero-order valence-corrected chi connectivity index (χ0v) is 17.2. The standard InChI is InChI=1S/C20H18N2O7S/c1-26-14-6-4-12(5-7-14)19-21-13(11-29-19)10-22-20(23)15-8-16(27-2)17(28-3)9-18(15)30(22,24)25/h4-9,11H,10H2,1-3H3. The molecule has 1 aliphatic rings. The van der Waals surface area contributed by atoms with E-state index in [0.29, 0.717) is 22.9 Å². The number of hydrogen-bond donors (Lipinski definition) is 0. The van der Waals surface area contributed by atoms with Gasteiger partial charge in [-0.05, 0) is 30.3 Å². The molecule has 0 saturated carbocycles. The maximum Gasteiger partial charge on any atom is 0.269 e. The van der Waals surface area contributed by atoms with Crippen LogP contribution in [0, 0.1) is 0 Å². The Morgan fingerprint density at radius 1 is 1.00 bits per heavy atom. The van der Waals surface area contributed by atoms with E-state index in [1.54, 1.807) is 31.4 Å². The molecule has 0 saturated heterocycles. The largest absolute Gasteiger partial charge is 0.497 e. The second kappa shape index (κ2) is 7.38. The van der Waals surface area contributed by atoms with Gasteiger partial charge in [0.25, 0.3) is 15.9 Å². The Morgan fingerprint density at radius 3 is 2.30 bits per heavy atom. The van der Waals surface area contributed by atoms with Crippen molar-refractivity contribution in [2.45, 2.75) is 11.4 Å². The van der Waals surface area contributed by atoms with Crippen molar-refractivity contribution in [3.63, 3.8) is 0 Å². The summed E-state index contributed by atoms with van der Waals surface area (Å²) in [6, 6.07) is 9.68. The molecule has 1 aliphatic heterocycles. The maximum atomic E-state index is 13.0. The van der Waals surface area contributed by atoms with E-state index in [2.05, 4.69) is 4.98 Å². The molecule has 0 unspecified atom stereocenters. The lowest BCUT2D eigenvalue weighted by Gasteiger charge is -2.12. The molecular weight excluding hydrogens is 412 g/mol. The van der Waals surface area contributed by atoms with Crippen LogP contribution in [0.4, 0.5) is 0 Å². The number of fused-ring (bicyclic) bond motifs is 1. The number of carbonyl (C=O) groups excluding carboxylic acids is 1. The summed E-state index contributed by atoms with van der Waals surface area (Å²) in [5, 5.41) is 0. The quantitative estimate of drug-likeness (QED) is 0.587. The highest BCUT2D eigenvalue weighted by Crippen LogP contribution is 2.39. The molecule has 2 heterocycles. The average Bonchev–Trinajstić information content (AvgIpc) is 3.30. The molecule has 1 aromatic heterocycles.